The summed E-state index contributed by atoms with van der Waals surface area (Å²) in [7, 11) is -1.38. The average molecular weight is 217 g/mol. The Morgan fingerprint density at radius 1 is 1.43 bits per heavy atom. The third kappa shape index (κ3) is 1.46. The lowest BCUT2D eigenvalue weighted by Gasteiger charge is -2.21. The van der Waals surface area contributed by atoms with Crippen molar-refractivity contribution in [1.29, 1.82) is 0 Å². The molecular formula is C9H9F2NOS. The van der Waals surface area contributed by atoms with Crippen molar-refractivity contribution < 1.29 is 13.0 Å². The first-order valence-electron chi connectivity index (χ1n) is 4.22. The van der Waals surface area contributed by atoms with Crippen molar-refractivity contribution in [3.63, 3.8) is 0 Å². The largest absolute Gasteiger partial charge is 0.324 e. The van der Waals surface area contributed by atoms with Gasteiger partial charge >= 0.3 is 0 Å². The van der Waals surface area contributed by atoms with Gasteiger partial charge in [-0.2, -0.15) is 0 Å². The van der Waals surface area contributed by atoms with E-state index in [1.807, 2.05) is 0 Å². The number of halogens is 2. The topological polar surface area (TPSA) is 43.1 Å². The van der Waals surface area contributed by atoms with Gasteiger partial charge in [-0.25, -0.2) is 8.78 Å². The molecule has 2 atom stereocenters. The van der Waals surface area contributed by atoms with Crippen molar-refractivity contribution in [2.24, 2.45) is 5.73 Å². The fraction of sp³-hybridized carbons (Fsp3) is 0.333. The molecule has 1 aliphatic rings. The molecule has 0 amide bonds. The molecular weight excluding hydrogens is 208 g/mol. The summed E-state index contributed by atoms with van der Waals surface area (Å²) in [5, 5.41) is 0. The minimum absolute atomic E-state index is 0.0742. The van der Waals surface area contributed by atoms with Gasteiger partial charge in [-0.05, 0) is 18.1 Å². The third-order valence-corrected chi connectivity index (χ3v) is 3.77. The van der Waals surface area contributed by atoms with Crippen LogP contribution in [0.4, 0.5) is 8.78 Å². The van der Waals surface area contributed by atoms with Gasteiger partial charge in [0.05, 0.1) is 15.7 Å². The normalized spacial score (nSPS) is 25.9. The molecule has 14 heavy (non-hydrogen) atoms. The van der Waals surface area contributed by atoms with Gasteiger partial charge in [-0.1, -0.05) is 0 Å². The maximum absolute atomic E-state index is 13.3. The van der Waals surface area contributed by atoms with Gasteiger partial charge in [0, 0.05) is 17.9 Å². The molecule has 2 rings (SSSR count). The Balaban J connectivity index is 2.66. The standard InChI is InChI=1S/C9H9F2NOS/c10-5-3-6-8(12)1-2-14(13)9(6)7(11)4-5/h3-4,8H,1-2,12H2. The summed E-state index contributed by atoms with van der Waals surface area (Å²) in [4.78, 5) is 0.0742. The lowest BCUT2D eigenvalue weighted by atomic mass is 10.0. The summed E-state index contributed by atoms with van der Waals surface area (Å²) in [6.07, 6.45) is 0.502. The van der Waals surface area contributed by atoms with Crippen molar-refractivity contribution in [3.8, 4) is 0 Å². The van der Waals surface area contributed by atoms with Crippen LogP contribution in [0.25, 0.3) is 0 Å². The highest BCUT2D eigenvalue weighted by Crippen LogP contribution is 2.30. The highest BCUT2D eigenvalue weighted by Gasteiger charge is 2.26. The maximum atomic E-state index is 13.3. The lowest BCUT2D eigenvalue weighted by molar-refractivity contribution is 0.537. The number of rotatable bonds is 0. The predicted octanol–water partition coefficient (Wildman–Crippen LogP) is 1.48. The second-order valence-electron chi connectivity index (χ2n) is 3.25. The summed E-state index contributed by atoms with van der Waals surface area (Å²) in [5.41, 5.74) is 6.02. The fourth-order valence-electron chi connectivity index (χ4n) is 1.59. The second kappa shape index (κ2) is 3.40. The molecule has 2 nitrogen and oxygen atoms in total. The van der Waals surface area contributed by atoms with Gasteiger partial charge in [0.15, 0.2) is 0 Å². The first-order chi connectivity index (χ1) is 6.59. The van der Waals surface area contributed by atoms with Gasteiger partial charge in [0.25, 0.3) is 0 Å². The Labute approximate surface area is 82.6 Å². The van der Waals surface area contributed by atoms with E-state index in [2.05, 4.69) is 0 Å². The maximum Gasteiger partial charge on any atom is 0.142 e. The molecule has 1 aromatic carbocycles. The van der Waals surface area contributed by atoms with Crippen LogP contribution in [0.3, 0.4) is 0 Å². The number of hydrogen-bond acceptors (Lipinski definition) is 2. The summed E-state index contributed by atoms with van der Waals surface area (Å²) < 4.78 is 37.6. The van der Waals surface area contributed by atoms with Gasteiger partial charge in [-0.15, -0.1) is 0 Å². The first-order valence-corrected chi connectivity index (χ1v) is 5.54. The van der Waals surface area contributed by atoms with Crippen LogP contribution in [0.1, 0.15) is 18.0 Å². The zero-order valence-electron chi connectivity index (χ0n) is 7.30. The van der Waals surface area contributed by atoms with E-state index in [-0.39, 0.29) is 4.90 Å². The number of benzene rings is 1. The van der Waals surface area contributed by atoms with Crippen molar-refractivity contribution in [1.82, 2.24) is 0 Å². The van der Waals surface area contributed by atoms with Gasteiger partial charge in [-0.3, -0.25) is 4.21 Å². The molecule has 2 unspecified atom stereocenters. The van der Waals surface area contributed by atoms with E-state index in [4.69, 9.17) is 5.73 Å². The number of fused-ring (bicyclic) bond motifs is 1. The van der Waals surface area contributed by atoms with Crippen LogP contribution in [0.15, 0.2) is 17.0 Å². The monoisotopic (exact) mass is 217 g/mol. The zero-order chi connectivity index (χ0) is 10.3. The SMILES string of the molecule is NC1CCS(=O)c2c(F)cc(F)cc21. The molecule has 1 heterocycles. The minimum Gasteiger partial charge on any atom is -0.324 e. The van der Waals surface area contributed by atoms with Gasteiger partial charge in [0.1, 0.15) is 11.6 Å². The smallest absolute Gasteiger partial charge is 0.142 e. The Kier molecular flexibility index (Phi) is 2.36. The number of nitrogens with two attached hydrogens (primary N) is 1. The van der Waals surface area contributed by atoms with Crippen LogP contribution in [0.2, 0.25) is 0 Å². The molecule has 76 valence electrons. The third-order valence-electron chi connectivity index (χ3n) is 2.28. The number of hydrogen-bond donors (Lipinski definition) is 1. The molecule has 0 aromatic heterocycles. The zero-order valence-corrected chi connectivity index (χ0v) is 8.11. The van der Waals surface area contributed by atoms with E-state index in [0.29, 0.717) is 17.7 Å². The summed E-state index contributed by atoms with van der Waals surface area (Å²) in [6.45, 7) is 0. The molecule has 1 aliphatic heterocycles. The van der Waals surface area contributed by atoms with Crippen LogP contribution in [-0.4, -0.2) is 9.96 Å². The van der Waals surface area contributed by atoms with Gasteiger partial charge in [0.2, 0.25) is 0 Å². The molecule has 5 heteroatoms. The average Bonchev–Trinajstić information content (AvgIpc) is 2.10. The molecule has 0 saturated carbocycles. The van der Waals surface area contributed by atoms with E-state index in [0.717, 1.165) is 6.07 Å². The van der Waals surface area contributed by atoms with Crippen molar-refractivity contribution in [2.75, 3.05) is 5.75 Å². The summed E-state index contributed by atoms with van der Waals surface area (Å²) >= 11 is 0. The first kappa shape index (κ1) is 9.73. The van der Waals surface area contributed by atoms with Crippen molar-refractivity contribution >= 4 is 10.8 Å². The van der Waals surface area contributed by atoms with E-state index >= 15 is 0 Å². The molecule has 0 saturated heterocycles. The molecule has 0 fully saturated rings. The van der Waals surface area contributed by atoms with E-state index in [1.165, 1.54) is 6.07 Å². The lowest BCUT2D eigenvalue weighted by Crippen LogP contribution is -2.23. The van der Waals surface area contributed by atoms with E-state index in [1.54, 1.807) is 0 Å². The van der Waals surface area contributed by atoms with Crippen LogP contribution < -0.4 is 5.73 Å². The summed E-state index contributed by atoms with van der Waals surface area (Å²) in [5.74, 6) is -1.08. The molecule has 0 radical (unpaired) electrons. The Morgan fingerprint density at radius 3 is 2.86 bits per heavy atom. The summed E-state index contributed by atoms with van der Waals surface area (Å²) in [6, 6.07) is 1.50. The Morgan fingerprint density at radius 2 is 2.14 bits per heavy atom. The van der Waals surface area contributed by atoms with Crippen LogP contribution in [-0.2, 0) is 10.8 Å². The fourth-order valence-corrected chi connectivity index (χ4v) is 3.01. The predicted molar refractivity (Wildman–Crippen MR) is 49.2 cm³/mol. The highest BCUT2D eigenvalue weighted by molar-refractivity contribution is 7.85. The van der Waals surface area contributed by atoms with Crippen LogP contribution in [0, 0.1) is 11.6 Å². The molecule has 1 aromatic rings. The minimum atomic E-state index is -1.38. The van der Waals surface area contributed by atoms with Crippen LogP contribution in [0.5, 0.6) is 0 Å². The highest BCUT2D eigenvalue weighted by atomic mass is 32.2. The van der Waals surface area contributed by atoms with Gasteiger partial charge < -0.3 is 5.73 Å². The quantitative estimate of drug-likeness (QED) is 0.715. The molecule has 0 aliphatic carbocycles. The molecule has 0 spiro atoms. The molecule has 0 bridgehead atoms. The van der Waals surface area contributed by atoms with E-state index in [9.17, 15) is 13.0 Å². The Bertz CT molecular complexity index is 408. The van der Waals surface area contributed by atoms with Crippen molar-refractivity contribution in [3.05, 3.63) is 29.3 Å². The Hall–Kier alpha value is -0.810. The van der Waals surface area contributed by atoms with Crippen molar-refractivity contribution in [2.45, 2.75) is 17.4 Å². The molecule has 2 N–H and O–H groups in total. The van der Waals surface area contributed by atoms with E-state index < -0.39 is 28.5 Å². The second-order valence-corrected chi connectivity index (χ2v) is 4.76. The van der Waals surface area contributed by atoms with Crippen LogP contribution >= 0.6 is 0 Å².